The summed E-state index contributed by atoms with van der Waals surface area (Å²) in [4.78, 5) is 24.1. The van der Waals surface area contributed by atoms with Gasteiger partial charge in [-0.2, -0.15) is 0 Å². The predicted octanol–water partition coefficient (Wildman–Crippen LogP) is 1.87. The highest BCUT2D eigenvalue weighted by Gasteiger charge is 2.25. The molecule has 1 aliphatic rings. The Morgan fingerprint density at radius 2 is 1.89 bits per heavy atom. The van der Waals surface area contributed by atoms with Crippen molar-refractivity contribution in [3.8, 4) is 0 Å². The minimum atomic E-state index is -3.36. The number of ether oxygens (including phenoxy) is 1. The normalized spacial score (nSPS) is 13.5. The van der Waals surface area contributed by atoms with E-state index in [-0.39, 0.29) is 6.61 Å². The Labute approximate surface area is 164 Å². The highest BCUT2D eigenvalue weighted by Crippen LogP contribution is 2.30. The van der Waals surface area contributed by atoms with Crippen molar-refractivity contribution < 1.29 is 22.7 Å². The molecule has 7 nitrogen and oxygen atoms in total. The summed E-state index contributed by atoms with van der Waals surface area (Å²) in [6.07, 6.45) is 2.53. The Hall–Kier alpha value is -2.87. The zero-order valence-electron chi connectivity index (χ0n) is 15.6. The second kappa shape index (κ2) is 8.43. The second-order valence-corrected chi connectivity index (χ2v) is 8.53. The van der Waals surface area contributed by atoms with Crippen molar-refractivity contribution in [1.82, 2.24) is 5.32 Å². The molecular weight excluding hydrogens is 380 g/mol. The molecule has 0 saturated carbocycles. The SMILES string of the molecule is CS(=O)(=O)N1CCCc2cc(C(=O)OCC(=O)NCc3ccccc3)ccc21. The number of nitrogens with one attached hydrogen (secondary N) is 1. The van der Waals surface area contributed by atoms with Gasteiger partial charge in [0.25, 0.3) is 5.91 Å². The predicted molar refractivity (Wildman–Crippen MR) is 106 cm³/mol. The van der Waals surface area contributed by atoms with Gasteiger partial charge in [-0.1, -0.05) is 30.3 Å². The fraction of sp³-hybridized carbons (Fsp3) is 0.300. The molecule has 1 amide bonds. The summed E-state index contributed by atoms with van der Waals surface area (Å²) in [5.41, 5.74) is 2.61. The number of benzene rings is 2. The van der Waals surface area contributed by atoms with Crippen molar-refractivity contribution in [2.24, 2.45) is 0 Å². The minimum Gasteiger partial charge on any atom is -0.452 e. The lowest BCUT2D eigenvalue weighted by Gasteiger charge is -2.29. The van der Waals surface area contributed by atoms with Gasteiger partial charge in [0.1, 0.15) is 0 Å². The van der Waals surface area contributed by atoms with Crippen molar-refractivity contribution in [3.63, 3.8) is 0 Å². The van der Waals surface area contributed by atoms with Gasteiger partial charge >= 0.3 is 5.97 Å². The van der Waals surface area contributed by atoms with E-state index in [0.29, 0.717) is 37.2 Å². The number of esters is 1. The Kier molecular flexibility index (Phi) is 5.99. The highest BCUT2D eigenvalue weighted by molar-refractivity contribution is 7.92. The molecule has 0 atom stereocenters. The second-order valence-electron chi connectivity index (χ2n) is 6.62. The standard InChI is InChI=1S/C20H22N2O5S/c1-28(25,26)22-11-5-8-16-12-17(9-10-18(16)22)20(24)27-14-19(23)21-13-15-6-3-2-4-7-15/h2-4,6-7,9-10,12H,5,8,11,13-14H2,1H3,(H,21,23). The van der Waals surface area contributed by atoms with Gasteiger partial charge in [0.2, 0.25) is 10.0 Å². The van der Waals surface area contributed by atoms with E-state index in [2.05, 4.69) is 5.32 Å². The lowest BCUT2D eigenvalue weighted by Crippen LogP contribution is -2.34. The quantitative estimate of drug-likeness (QED) is 0.745. The molecule has 28 heavy (non-hydrogen) atoms. The molecule has 148 valence electrons. The summed E-state index contributed by atoms with van der Waals surface area (Å²) in [6, 6.07) is 14.2. The number of amides is 1. The Morgan fingerprint density at radius 1 is 1.14 bits per heavy atom. The van der Waals surface area contributed by atoms with E-state index in [9.17, 15) is 18.0 Å². The fourth-order valence-electron chi connectivity index (χ4n) is 3.10. The van der Waals surface area contributed by atoms with E-state index in [1.807, 2.05) is 30.3 Å². The largest absolute Gasteiger partial charge is 0.452 e. The minimum absolute atomic E-state index is 0.296. The average molecular weight is 402 g/mol. The number of carbonyl (C=O) groups is 2. The molecule has 1 aliphatic heterocycles. The molecule has 0 radical (unpaired) electrons. The van der Waals surface area contributed by atoms with E-state index in [4.69, 9.17) is 4.74 Å². The van der Waals surface area contributed by atoms with Gasteiger partial charge in [-0.3, -0.25) is 9.10 Å². The van der Waals surface area contributed by atoms with Crippen LogP contribution in [-0.2, 0) is 32.5 Å². The number of anilines is 1. The molecular formula is C20H22N2O5S. The van der Waals surface area contributed by atoms with Crippen LogP contribution in [0.4, 0.5) is 5.69 Å². The average Bonchev–Trinajstić information content (AvgIpc) is 2.69. The molecule has 0 spiro atoms. The van der Waals surface area contributed by atoms with Crippen LogP contribution in [0.25, 0.3) is 0 Å². The van der Waals surface area contributed by atoms with Crippen LogP contribution in [0.2, 0.25) is 0 Å². The Morgan fingerprint density at radius 3 is 2.61 bits per heavy atom. The van der Waals surface area contributed by atoms with E-state index < -0.39 is 21.9 Å². The number of hydrogen-bond acceptors (Lipinski definition) is 5. The number of carbonyl (C=O) groups excluding carboxylic acids is 2. The van der Waals surface area contributed by atoms with Crippen LogP contribution in [0.5, 0.6) is 0 Å². The van der Waals surface area contributed by atoms with Crippen LogP contribution in [0.1, 0.15) is 27.9 Å². The smallest absolute Gasteiger partial charge is 0.338 e. The Bertz CT molecular complexity index is 973. The number of hydrogen-bond donors (Lipinski definition) is 1. The highest BCUT2D eigenvalue weighted by atomic mass is 32.2. The molecule has 0 unspecified atom stereocenters. The van der Waals surface area contributed by atoms with Gasteiger partial charge in [0.15, 0.2) is 6.61 Å². The first-order chi connectivity index (χ1) is 13.3. The molecule has 0 fully saturated rings. The lowest BCUT2D eigenvalue weighted by molar-refractivity contribution is -0.124. The van der Waals surface area contributed by atoms with E-state index in [0.717, 1.165) is 11.1 Å². The monoisotopic (exact) mass is 402 g/mol. The van der Waals surface area contributed by atoms with Crippen molar-refractivity contribution in [2.75, 3.05) is 23.7 Å². The molecule has 3 rings (SSSR count). The van der Waals surface area contributed by atoms with Crippen LogP contribution in [-0.4, -0.2) is 39.7 Å². The van der Waals surface area contributed by atoms with Gasteiger partial charge < -0.3 is 10.1 Å². The maximum Gasteiger partial charge on any atom is 0.338 e. The zero-order chi connectivity index (χ0) is 20.1. The summed E-state index contributed by atoms with van der Waals surface area (Å²) in [6.45, 7) is 0.410. The van der Waals surface area contributed by atoms with Crippen molar-refractivity contribution >= 4 is 27.6 Å². The summed E-state index contributed by atoms with van der Waals surface area (Å²) >= 11 is 0. The first-order valence-electron chi connectivity index (χ1n) is 8.93. The van der Waals surface area contributed by atoms with Crippen LogP contribution in [0.3, 0.4) is 0 Å². The van der Waals surface area contributed by atoms with Gasteiger partial charge in [-0.25, -0.2) is 13.2 Å². The van der Waals surface area contributed by atoms with Crippen LogP contribution >= 0.6 is 0 Å². The molecule has 0 aromatic heterocycles. The van der Waals surface area contributed by atoms with E-state index in [1.165, 1.54) is 16.6 Å². The number of rotatable bonds is 6. The van der Waals surface area contributed by atoms with Crippen LogP contribution < -0.4 is 9.62 Å². The number of nitrogens with zero attached hydrogens (tertiary/aromatic N) is 1. The van der Waals surface area contributed by atoms with Crippen molar-refractivity contribution in [2.45, 2.75) is 19.4 Å². The Balaban J connectivity index is 1.58. The third-order valence-electron chi connectivity index (χ3n) is 4.46. The molecule has 1 N–H and O–H groups in total. The third kappa shape index (κ3) is 4.89. The topological polar surface area (TPSA) is 92.8 Å². The molecule has 0 aliphatic carbocycles. The molecule has 1 heterocycles. The van der Waals surface area contributed by atoms with Gasteiger partial charge in [0.05, 0.1) is 17.5 Å². The first-order valence-corrected chi connectivity index (χ1v) is 10.8. The summed E-state index contributed by atoms with van der Waals surface area (Å²) in [5.74, 6) is -1.01. The molecule has 0 bridgehead atoms. The summed E-state index contributed by atoms with van der Waals surface area (Å²) in [5, 5.41) is 2.69. The van der Waals surface area contributed by atoms with Gasteiger partial charge in [-0.05, 0) is 42.2 Å². The van der Waals surface area contributed by atoms with Crippen LogP contribution in [0.15, 0.2) is 48.5 Å². The van der Waals surface area contributed by atoms with Gasteiger partial charge in [0, 0.05) is 13.1 Å². The first kappa shape index (κ1) is 19.9. The van der Waals surface area contributed by atoms with Crippen LogP contribution in [0, 0.1) is 0 Å². The number of aryl methyl sites for hydroxylation is 1. The molecule has 8 heteroatoms. The number of fused-ring (bicyclic) bond motifs is 1. The van der Waals surface area contributed by atoms with E-state index >= 15 is 0 Å². The molecule has 2 aromatic rings. The fourth-order valence-corrected chi connectivity index (χ4v) is 4.09. The zero-order valence-corrected chi connectivity index (χ0v) is 16.4. The molecule has 2 aromatic carbocycles. The summed E-state index contributed by atoms with van der Waals surface area (Å²) < 4.78 is 30.2. The maximum atomic E-state index is 12.3. The number of sulfonamides is 1. The van der Waals surface area contributed by atoms with Crippen molar-refractivity contribution in [1.29, 1.82) is 0 Å². The molecule has 0 saturated heterocycles. The lowest BCUT2D eigenvalue weighted by atomic mass is 10.0. The van der Waals surface area contributed by atoms with Crippen molar-refractivity contribution in [3.05, 3.63) is 65.2 Å². The third-order valence-corrected chi connectivity index (χ3v) is 5.64. The summed E-state index contributed by atoms with van der Waals surface area (Å²) in [7, 11) is -3.36. The van der Waals surface area contributed by atoms with E-state index in [1.54, 1.807) is 12.1 Å². The maximum absolute atomic E-state index is 12.3. The van der Waals surface area contributed by atoms with Gasteiger partial charge in [-0.15, -0.1) is 0 Å².